The minimum Gasteiger partial charge on any atom is -0.469 e. The van der Waals surface area contributed by atoms with E-state index in [4.69, 9.17) is 9.16 Å². The molecule has 0 bridgehead atoms. The van der Waals surface area contributed by atoms with E-state index in [-0.39, 0.29) is 40.5 Å². The van der Waals surface area contributed by atoms with Crippen LogP contribution in [0.4, 0.5) is 0 Å². The average Bonchev–Trinajstić information content (AvgIpc) is 3.54. The van der Waals surface area contributed by atoms with Gasteiger partial charge >= 0.3 is 5.97 Å². The van der Waals surface area contributed by atoms with Gasteiger partial charge in [-0.2, -0.15) is 0 Å². The van der Waals surface area contributed by atoms with Crippen molar-refractivity contribution in [2.75, 3.05) is 7.11 Å². The molecule has 1 N–H and O–H groups in total. The Bertz CT molecular complexity index is 1960. The number of methoxy groups -OCH3 is 1. The number of hydrogen-bond donors (Lipinski definition) is 1. The topological polar surface area (TPSA) is 72.8 Å². The number of carbonyl (C=O) groups excluding carboxylic acids is 2. The summed E-state index contributed by atoms with van der Waals surface area (Å²) in [5, 5.41) is 3.56. The molecule has 0 radical (unpaired) electrons. The highest BCUT2D eigenvalue weighted by molar-refractivity contribution is 7.00. The van der Waals surface area contributed by atoms with Crippen LogP contribution < -0.4 is 20.7 Å². The van der Waals surface area contributed by atoms with Gasteiger partial charge in [0.2, 0.25) is 0 Å². The lowest BCUT2D eigenvalue weighted by atomic mass is 9.75. The number of esters is 1. The normalized spacial score (nSPS) is 19.3. The summed E-state index contributed by atoms with van der Waals surface area (Å²) in [4.78, 5) is 40.0. The number of rotatable bonds is 20. The second kappa shape index (κ2) is 20.8. The van der Waals surface area contributed by atoms with Crippen molar-refractivity contribution in [3.63, 3.8) is 0 Å². The van der Waals surface area contributed by atoms with Crippen molar-refractivity contribution in [1.82, 2.24) is 0 Å². The zero-order valence-corrected chi connectivity index (χ0v) is 40.4. The van der Waals surface area contributed by atoms with Gasteiger partial charge in [-0.3, -0.25) is 9.59 Å². The van der Waals surface area contributed by atoms with Gasteiger partial charge in [0, 0.05) is 18.8 Å². The van der Waals surface area contributed by atoms with Gasteiger partial charge in [-0.25, -0.2) is 0 Å². The van der Waals surface area contributed by atoms with Crippen LogP contribution in [0.15, 0.2) is 146 Å². The van der Waals surface area contributed by atoms with Gasteiger partial charge in [0.1, 0.15) is 5.78 Å². The summed E-state index contributed by atoms with van der Waals surface area (Å²) in [5.41, 5.74) is -0.634. The van der Waals surface area contributed by atoms with Crippen molar-refractivity contribution in [2.45, 2.75) is 122 Å². The third kappa shape index (κ3) is 10.6. The van der Waals surface area contributed by atoms with Crippen molar-refractivity contribution >= 4 is 49.1 Å². The van der Waals surface area contributed by atoms with Gasteiger partial charge in [-0.15, -0.1) is 0 Å². The molecule has 1 saturated carbocycles. The average molecular weight is 857 g/mol. The van der Waals surface area contributed by atoms with Gasteiger partial charge in [0.25, 0.3) is 16.6 Å². The number of Topliss-reactive ketones (excluding diaryl/α,β-unsaturated/α-hetero) is 1. The molecule has 5 rings (SSSR count). The molecule has 4 aromatic rings. The summed E-state index contributed by atoms with van der Waals surface area (Å²) in [5.74, 6) is -0.434. The molecule has 0 spiro atoms. The predicted octanol–water partition coefficient (Wildman–Crippen LogP) is 10.3. The SMILES string of the molecule is CCCCCC(C)(/C=C/[C@H]1C(=O)C[C@H](C(/C=C\CCCC(=O)OC)C(C)(C)[Si](O)(c2ccccc2)c2ccccc2)[C@@H]1C)O[Si](c1ccccc1)(c1ccccc1)C(C)(C)C. The molecule has 1 fully saturated rings. The summed E-state index contributed by atoms with van der Waals surface area (Å²) in [6.07, 6.45) is 15.1. The number of ether oxygens (including phenoxy) is 1. The quantitative estimate of drug-likeness (QED) is 0.0415. The Labute approximate surface area is 370 Å². The second-order valence-corrected chi connectivity index (χ2v) is 27.3. The predicted molar refractivity (Wildman–Crippen MR) is 259 cm³/mol. The first-order chi connectivity index (χ1) is 29.1. The summed E-state index contributed by atoms with van der Waals surface area (Å²) < 4.78 is 12.8. The Morgan fingerprint density at radius 1 is 0.770 bits per heavy atom. The largest absolute Gasteiger partial charge is 0.469 e. The molecule has 0 saturated heterocycles. The fraction of sp³-hybridized carbons (Fsp3) is 0.444. The zero-order chi connectivity index (χ0) is 44.3. The molecular weight excluding hydrogens is 785 g/mol. The highest BCUT2D eigenvalue weighted by Gasteiger charge is 2.58. The van der Waals surface area contributed by atoms with Crippen molar-refractivity contribution in [2.24, 2.45) is 23.7 Å². The molecule has 61 heavy (non-hydrogen) atoms. The first-order valence-electron chi connectivity index (χ1n) is 22.7. The summed E-state index contributed by atoms with van der Waals surface area (Å²) in [7, 11) is -4.97. The summed E-state index contributed by atoms with van der Waals surface area (Å²) >= 11 is 0. The van der Waals surface area contributed by atoms with E-state index in [2.05, 4.69) is 165 Å². The molecule has 4 aromatic carbocycles. The molecule has 1 aliphatic carbocycles. The standard InChI is InChI=1S/C54H72O5Si2/c1-10-11-27-39-54(8,59-61(52(3,4)5,45-32-21-14-22-33-45)46-34-23-15-24-35-46)40-38-47-42(2)48(41-50(47)55)49(36-25-16-26-37-51(56)58-9)53(6,7)60(57,43-28-17-12-18-29-43)44-30-19-13-20-31-44/h12-15,17-25,28-36,38,40,42,47-49,57H,10-11,16,26-27,37,39,41H2,1-9H3/b36-25-,40-38+/t42-,47-,48+,49?,54?/m1/s1. The van der Waals surface area contributed by atoms with Crippen LogP contribution in [-0.4, -0.2) is 45.9 Å². The highest BCUT2D eigenvalue weighted by Crippen LogP contribution is 2.53. The zero-order valence-electron chi connectivity index (χ0n) is 38.4. The van der Waals surface area contributed by atoms with E-state index in [0.717, 1.165) is 36.1 Å². The monoisotopic (exact) mass is 856 g/mol. The van der Waals surface area contributed by atoms with Gasteiger partial charge in [0.15, 0.2) is 0 Å². The Balaban J connectivity index is 1.58. The van der Waals surface area contributed by atoms with Crippen LogP contribution >= 0.6 is 0 Å². The van der Waals surface area contributed by atoms with Crippen LogP contribution in [0.1, 0.15) is 107 Å². The van der Waals surface area contributed by atoms with E-state index in [1.165, 1.54) is 17.5 Å². The molecule has 326 valence electrons. The van der Waals surface area contributed by atoms with E-state index < -0.39 is 27.3 Å². The number of benzene rings is 4. The van der Waals surface area contributed by atoms with Crippen molar-refractivity contribution in [3.8, 4) is 0 Å². The number of carbonyl (C=O) groups is 2. The molecule has 0 aliphatic heterocycles. The highest BCUT2D eigenvalue weighted by atomic mass is 28.4. The van der Waals surface area contributed by atoms with Crippen LogP contribution in [0.25, 0.3) is 0 Å². The van der Waals surface area contributed by atoms with Crippen LogP contribution in [-0.2, 0) is 18.8 Å². The van der Waals surface area contributed by atoms with E-state index in [1.807, 2.05) is 36.4 Å². The molecule has 1 aliphatic rings. The Morgan fingerprint density at radius 3 is 1.72 bits per heavy atom. The smallest absolute Gasteiger partial charge is 0.305 e. The van der Waals surface area contributed by atoms with Crippen LogP contribution in [0.2, 0.25) is 10.1 Å². The van der Waals surface area contributed by atoms with E-state index in [0.29, 0.717) is 25.7 Å². The molecule has 5 atom stereocenters. The van der Waals surface area contributed by atoms with Gasteiger partial charge in [-0.1, -0.05) is 213 Å². The van der Waals surface area contributed by atoms with Crippen molar-refractivity contribution in [1.29, 1.82) is 0 Å². The number of allylic oxidation sites excluding steroid dienone is 3. The van der Waals surface area contributed by atoms with E-state index in [1.54, 1.807) is 0 Å². The summed E-state index contributed by atoms with van der Waals surface area (Å²) in [6, 6.07) is 42.0. The lowest BCUT2D eigenvalue weighted by Crippen LogP contribution is -2.69. The summed E-state index contributed by atoms with van der Waals surface area (Å²) in [6.45, 7) is 18.1. The number of unbranched alkanes of at least 4 members (excludes halogenated alkanes) is 3. The lowest BCUT2D eigenvalue weighted by molar-refractivity contribution is -0.140. The third-order valence-corrected chi connectivity index (χ3v) is 23.4. The molecule has 2 unspecified atom stereocenters. The first-order valence-corrected chi connectivity index (χ1v) is 26.5. The minimum atomic E-state index is -3.47. The fourth-order valence-electron chi connectivity index (χ4n) is 10.2. The van der Waals surface area contributed by atoms with Crippen LogP contribution in [0, 0.1) is 23.7 Å². The Kier molecular flexibility index (Phi) is 16.3. The minimum absolute atomic E-state index is 0.00491. The van der Waals surface area contributed by atoms with Crippen molar-refractivity contribution in [3.05, 3.63) is 146 Å². The van der Waals surface area contributed by atoms with Gasteiger partial charge in [0.05, 0.1) is 12.7 Å². The lowest BCUT2D eigenvalue weighted by Gasteiger charge is -2.48. The molecular formula is C54H72O5Si2. The fourth-order valence-corrected chi connectivity index (χ4v) is 19.0. The molecule has 0 amide bonds. The second-order valence-electron chi connectivity index (χ2n) is 19.2. The number of hydrogen-bond acceptors (Lipinski definition) is 5. The van der Waals surface area contributed by atoms with Crippen molar-refractivity contribution < 1.29 is 23.5 Å². The molecule has 0 heterocycles. The maximum atomic E-state index is 14.6. The number of ketones is 1. The van der Waals surface area contributed by atoms with E-state index >= 15 is 0 Å². The molecule has 0 aromatic heterocycles. The van der Waals surface area contributed by atoms with Gasteiger partial charge in [-0.05, 0) is 74.8 Å². The van der Waals surface area contributed by atoms with E-state index in [9.17, 15) is 14.4 Å². The van der Waals surface area contributed by atoms with Crippen LogP contribution in [0.5, 0.6) is 0 Å². The maximum absolute atomic E-state index is 14.6. The molecule has 5 nitrogen and oxygen atoms in total. The maximum Gasteiger partial charge on any atom is 0.305 e. The van der Waals surface area contributed by atoms with Gasteiger partial charge < -0.3 is 14.0 Å². The first kappa shape index (κ1) is 47.9. The Morgan fingerprint density at radius 2 is 1.26 bits per heavy atom. The third-order valence-electron chi connectivity index (χ3n) is 13.7. The Hall–Kier alpha value is -4.15. The molecule has 7 heteroatoms. The van der Waals surface area contributed by atoms with Crippen LogP contribution in [0.3, 0.4) is 0 Å².